The summed E-state index contributed by atoms with van der Waals surface area (Å²) in [4.78, 5) is 23.0. The number of fused-ring (bicyclic) bond motifs is 1. The number of hydrogen-bond donors (Lipinski definition) is 0. The summed E-state index contributed by atoms with van der Waals surface area (Å²) in [6.45, 7) is 3.90. The van der Waals surface area contributed by atoms with E-state index in [9.17, 15) is 4.79 Å². The molecule has 206 valence electrons. The summed E-state index contributed by atoms with van der Waals surface area (Å²) >= 11 is 0. The van der Waals surface area contributed by atoms with E-state index >= 15 is 0 Å². The molecule has 8 heteroatoms. The zero-order valence-corrected chi connectivity index (χ0v) is 23.2. The standard InChI is InChI=1S/C34H28N6O2/c1-24(2)39-31(25-18-19-42-22-25)37-40-30(20-35-32(40)33(39)41)29-21-38(23-36-29)34(26-12-6-3-7-13-26,27-14-8-4-9-15-27)28-16-10-5-11-17-28/h3-24H,1-2H3. The number of furan rings is 1. The lowest BCUT2D eigenvalue weighted by molar-refractivity contribution is 0.515. The minimum absolute atomic E-state index is 0.123. The summed E-state index contributed by atoms with van der Waals surface area (Å²) < 4.78 is 10.7. The number of hydrogen-bond acceptors (Lipinski definition) is 5. The maximum atomic E-state index is 13.6. The highest BCUT2D eigenvalue weighted by Crippen LogP contribution is 2.41. The molecule has 0 saturated carbocycles. The van der Waals surface area contributed by atoms with Gasteiger partial charge in [-0.15, -0.1) is 5.10 Å². The molecule has 0 aliphatic rings. The molecule has 4 aromatic heterocycles. The van der Waals surface area contributed by atoms with Crippen molar-refractivity contribution in [1.82, 2.24) is 28.7 Å². The maximum Gasteiger partial charge on any atom is 0.297 e. The molecule has 42 heavy (non-hydrogen) atoms. The molecule has 0 fully saturated rings. The van der Waals surface area contributed by atoms with Gasteiger partial charge in [-0.2, -0.15) is 0 Å². The molecule has 8 nitrogen and oxygen atoms in total. The predicted octanol–water partition coefficient (Wildman–Crippen LogP) is 6.44. The van der Waals surface area contributed by atoms with Gasteiger partial charge in [0.25, 0.3) is 5.56 Å². The molecule has 0 N–H and O–H groups in total. The molecular weight excluding hydrogens is 524 g/mol. The second-order valence-corrected chi connectivity index (χ2v) is 10.5. The Kier molecular flexibility index (Phi) is 6.16. The van der Waals surface area contributed by atoms with Crippen LogP contribution in [-0.2, 0) is 5.54 Å². The highest BCUT2D eigenvalue weighted by atomic mass is 16.3. The molecule has 0 radical (unpaired) electrons. The van der Waals surface area contributed by atoms with Gasteiger partial charge >= 0.3 is 0 Å². The molecule has 0 spiro atoms. The Bertz CT molecular complexity index is 1930. The first kappa shape index (κ1) is 25.5. The van der Waals surface area contributed by atoms with Crippen LogP contribution in [0.3, 0.4) is 0 Å². The third-order valence-corrected chi connectivity index (χ3v) is 7.67. The minimum Gasteiger partial charge on any atom is -0.472 e. The molecule has 0 aliphatic heterocycles. The van der Waals surface area contributed by atoms with E-state index in [0.29, 0.717) is 22.8 Å². The molecule has 0 amide bonds. The SMILES string of the molecule is CC(C)n1c(-c2ccoc2)nn2c(-c3cn(C(c4ccccc4)(c4ccccc4)c4ccccc4)cn3)cnc2c1=O. The van der Waals surface area contributed by atoms with E-state index in [1.807, 2.05) is 44.6 Å². The van der Waals surface area contributed by atoms with E-state index in [4.69, 9.17) is 14.5 Å². The summed E-state index contributed by atoms with van der Waals surface area (Å²) in [6, 6.07) is 32.9. The number of imidazole rings is 2. The monoisotopic (exact) mass is 552 g/mol. The van der Waals surface area contributed by atoms with Crippen molar-refractivity contribution in [3.63, 3.8) is 0 Å². The van der Waals surface area contributed by atoms with Gasteiger partial charge in [0.2, 0.25) is 5.65 Å². The van der Waals surface area contributed by atoms with Gasteiger partial charge in [-0.25, -0.2) is 14.5 Å². The van der Waals surface area contributed by atoms with E-state index < -0.39 is 5.54 Å². The highest BCUT2D eigenvalue weighted by Gasteiger charge is 2.38. The number of benzene rings is 3. The van der Waals surface area contributed by atoms with Crippen LogP contribution in [0.1, 0.15) is 36.6 Å². The first-order valence-electron chi connectivity index (χ1n) is 13.8. The van der Waals surface area contributed by atoms with Crippen molar-refractivity contribution in [3.8, 4) is 22.8 Å². The Morgan fingerprint density at radius 1 is 0.786 bits per heavy atom. The van der Waals surface area contributed by atoms with Crippen molar-refractivity contribution in [2.24, 2.45) is 0 Å². The van der Waals surface area contributed by atoms with Crippen LogP contribution in [0.5, 0.6) is 0 Å². The molecular formula is C34H28N6O2. The van der Waals surface area contributed by atoms with Crippen molar-refractivity contribution in [1.29, 1.82) is 0 Å². The summed E-state index contributed by atoms with van der Waals surface area (Å²) in [7, 11) is 0. The first-order chi connectivity index (χ1) is 20.6. The van der Waals surface area contributed by atoms with Gasteiger partial charge in [0.1, 0.15) is 23.2 Å². The Morgan fingerprint density at radius 3 is 1.90 bits per heavy atom. The molecule has 7 rings (SSSR count). The molecule has 0 bridgehead atoms. The molecule has 0 saturated heterocycles. The fourth-order valence-electron chi connectivity index (χ4n) is 5.81. The van der Waals surface area contributed by atoms with Gasteiger partial charge in [0.05, 0.1) is 24.4 Å². The Balaban J connectivity index is 1.48. The van der Waals surface area contributed by atoms with Crippen LogP contribution in [0.4, 0.5) is 0 Å². The molecule has 3 aromatic carbocycles. The largest absolute Gasteiger partial charge is 0.472 e. The Morgan fingerprint density at radius 2 is 1.38 bits per heavy atom. The highest BCUT2D eigenvalue weighted by molar-refractivity contribution is 5.62. The Labute approximate surface area is 242 Å². The second-order valence-electron chi connectivity index (χ2n) is 10.5. The van der Waals surface area contributed by atoms with E-state index in [-0.39, 0.29) is 17.2 Å². The lowest BCUT2D eigenvalue weighted by Gasteiger charge is -2.37. The van der Waals surface area contributed by atoms with Crippen molar-refractivity contribution in [3.05, 3.63) is 155 Å². The zero-order valence-electron chi connectivity index (χ0n) is 23.2. The van der Waals surface area contributed by atoms with Crippen LogP contribution in [-0.4, -0.2) is 28.7 Å². The van der Waals surface area contributed by atoms with Crippen LogP contribution in [0, 0.1) is 0 Å². The van der Waals surface area contributed by atoms with Crippen LogP contribution >= 0.6 is 0 Å². The van der Waals surface area contributed by atoms with Gasteiger partial charge in [0, 0.05) is 12.2 Å². The van der Waals surface area contributed by atoms with Crippen molar-refractivity contribution in [2.45, 2.75) is 25.4 Å². The normalized spacial score (nSPS) is 11.9. The molecule has 7 aromatic rings. The van der Waals surface area contributed by atoms with Gasteiger partial charge in [0.15, 0.2) is 5.82 Å². The summed E-state index contributed by atoms with van der Waals surface area (Å²) in [5.41, 5.74) is 4.53. The van der Waals surface area contributed by atoms with E-state index in [1.165, 1.54) is 0 Å². The average Bonchev–Trinajstić information content (AvgIpc) is 3.81. The van der Waals surface area contributed by atoms with Crippen molar-refractivity contribution < 1.29 is 4.42 Å². The average molecular weight is 553 g/mol. The number of rotatable bonds is 7. The second kappa shape index (κ2) is 10.2. The summed E-state index contributed by atoms with van der Waals surface area (Å²) in [5, 5.41) is 4.89. The van der Waals surface area contributed by atoms with Crippen molar-refractivity contribution >= 4 is 5.65 Å². The fourth-order valence-corrected chi connectivity index (χ4v) is 5.81. The lowest BCUT2D eigenvalue weighted by Crippen LogP contribution is -2.36. The first-order valence-corrected chi connectivity index (χ1v) is 13.8. The van der Waals surface area contributed by atoms with Gasteiger partial charge in [-0.05, 0) is 36.6 Å². The molecule has 0 atom stereocenters. The van der Waals surface area contributed by atoms with E-state index in [1.54, 1.807) is 33.9 Å². The third kappa shape index (κ3) is 3.91. The summed E-state index contributed by atoms with van der Waals surface area (Å²) in [6.07, 6.45) is 8.67. The van der Waals surface area contributed by atoms with Crippen LogP contribution in [0.25, 0.3) is 28.4 Å². The van der Waals surface area contributed by atoms with E-state index in [2.05, 4.69) is 82.3 Å². The van der Waals surface area contributed by atoms with Gasteiger partial charge in [-0.1, -0.05) is 91.0 Å². The third-order valence-electron chi connectivity index (χ3n) is 7.67. The van der Waals surface area contributed by atoms with Crippen LogP contribution in [0.2, 0.25) is 0 Å². The topological polar surface area (TPSA) is 83.2 Å². The smallest absolute Gasteiger partial charge is 0.297 e. The zero-order chi connectivity index (χ0) is 28.7. The predicted molar refractivity (Wildman–Crippen MR) is 161 cm³/mol. The lowest BCUT2D eigenvalue weighted by atomic mass is 9.77. The number of aromatic nitrogens is 6. The quantitative estimate of drug-likeness (QED) is 0.213. The van der Waals surface area contributed by atoms with Gasteiger partial charge in [-0.3, -0.25) is 9.36 Å². The molecule has 0 unspecified atom stereocenters. The fraction of sp³-hybridized carbons (Fsp3) is 0.118. The Hall–Kier alpha value is -5.50. The van der Waals surface area contributed by atoms with Crippen LogP contribution in [0.15, 0.2) is 138 Å². The van der Waals surface area contributed by atoms with Crippen LogP contribution < -0.4 is 5.56 Å². The van der Waals surface area contributed by atoms with E-state index in [0.717, 1.165) is 16.7 Å². The van der Waals surface area contributed by atoms with Gasteiger partial charge < -0.3 is 8.98 Å². The van der Waals surface area contributed by atoms with Crippen molar-refractivity contribution in [2.75, 3.05) is 0 Å². The summed E-state index contributed by atoms with van der Waals surface area (Å²) in [5.74, 6) is 0.502. The maximum absolute atomic E-state index is 13.6. The molecule has 4 heterocycles. The minimum atomic E-state index is -0.713. The molecule has 0 aliphatic carbocycles. The number of nitrogens with zero attached hydrogens (tertiary/aromatic N) is 6.